The third-order valence-electron chi connectivity index (χ3n) is 3.25. The van der Waals surface area contributed by atoms with E-state index in [2.05, 4.69) is 0 Å². The summed E-state index contributed by atoms with van der Waals surface area (Å²) in [4.78, 5) is 33.8. The molecule has 10 heteroatoms. The molecule has 0 spiro atoms. The fourth-order valence-electron chi connectivity index (χ4n) is 2.08. The van der Waals surface area contributed by atoms with E-state index in [9.17, 15) is 22.8 Å². The van der Waals surface area contributed by atoms with Crippen molar-refractivity contribution < 1.29 is 37.2 Å². The van der Waals surface area contributed by atoms with E-state index in [1.54, 1.807) is 19.1 Å². The smallest absolute Gasteiger partial charge is 0.415 e. The van der Waals surface area contributed by atoms with Gasteiger partial charge in [-0.15, -0.1) is 0 Å². The fraction of sp³-hybridized carbons (Fsp3) is 0.214. The van der Waals surface area contributed by atoms with Gasteiger partial charge in [0.05, 0.1) is 0 Å². The second-order valence-electron chi connectivity index (χ2n) is 5.01. The van der Waals surface area contributed by atoms with Crippen molar-refractivity contribution in [1.29, 1.82) is 0 Å². The van der Waals surface area contributed by atoms with Crippen LogP contribution in [-0.4, -0.2) is 47.5 Å². The summed E-state index contributed by atoms with van der Waals surface area (Å²) in [7, 11) is -4.27. The predicted molar refractivity (Wildman–Crippen MR) is 78.4 cm³/mol. The molecular formula is C14H13NO8S. The zero-order valence-electron chi connectivity index (χ0n) is 12.4. The molecule has 0 radical (unpaired) electrons. The van der Waals surface area contributed by atoms with E-state index in [1.165, 1.54) is 12.1 Å². The molecule has 1 aromatic carbocycles. The first kappa shape index (κ1) is 17.5. The van der Waals surface area contributed by atoms with Gasteiger partial charge in [0.1, 0.15) is 16.7 Å². The van der Waals surface area contributed by atoms with Gasteiger partial charge in [-0.1, -0.05) is 17.7 Å². The molecular weight excluding hydrogens is 342 g/mol. The minimum atomic E-state index is -4.27. The van der Waals surface area contributed by atoms with E-state index in [0.717, 1.165) is 5.56 Å². The SMILES string of the molecule is Cc1ccc(S(=O)(=O)OC2=CC(=O)N(C(=O)O)[C@H](C(=O)O)C2)cc1. The number of aliphatic carboxylic acids is 1. The Balaban J connectivity index is 2.31. The van der Waals surface area contributed by atoms with Crippen LogP contribution in [0.15, 0.2) is 41.0 Å². The Kier molecular flexibility index (Phi) is 4.60. The highest BCUT2D eigenvalue weighted by Gasteiger charge is 2.40. The third-order valence-corrected chi connectivity index (χ3v) is 4.53. The molecule has 1 atom stereocenters. The van der Waals surface area contributed by atoms with E-state index in [0.29, 0.717) is 6.08 Å². The van der Waals surface area contributed by atoms with Crippen molar-refractivity contribution in [2.45, 2.75) is 24.3 Å². The Hall–Kier alpha value is -2.88. The Morgan fingerprint density at radius 1 is 1.21 bits per heavy atom. The summed E-state index contributed by atoms with van der Waals surface area (Å²) in [6, 6.07) is 3.93. The Labute approximate surface area is 136 Å². The second kappa shape index (κ2) is 6.32. The molecule has 0 saturated carbocycles. The molecule has 0 aromatic heterocycles. The zero-order valence-corrected chi connectivity index (χ0v) is 13.2. The second-order valence-corrected chi connectivity index (χ2v) is 6.56. The van der Waals surface area contributed by atoms with Crippen molar-refractivity contribution in [2.75, 3.05) is 0 Å². The number of hydrogen-bond acceptors (Lipinski definition) is 6. The summed E-state index contributed by atoms with van der Waals surface area (Å²) in [5.74, 6) is -3.21. The van der Waals surface area contributed by atoms with E-state index >= 15 is 0 Å². The van der Waals surface area contributed by atoms with Crippen molar-refractivity contribution in [2.24, 2.45) is 0 Å². The van der Waals surface area contributed by atoms with Gasteiger partial charge in [-0.25, -0.2) is 14.5 Å². The summed E-state index contributed by atoms with van der Waals surface area (Å²) < 4.78 is 29.1. The summed E-state index contributed by atoms with van der Waals surface area (Å²) in [5.41, 5.74) is 0.823. The average Bonchev–Trinajstić information content (AvgIpc) is 2.45. The standard InChI is InChI=1S/C14H13NO8S/c1-8-2-4-10(5-3-8)24(21,22)23-9-6-11(13(17)18)15(14(19)20)12(16)7-9/h2-5,7,11H,6H2,1H3,(H,17,18)(H,19,20)/t11-/m0/s1. The van der Waals surface area contributed by atoms with Crippen molar-refractivity contribution in [3.63, 3.8) is 0 Å². The van der Waals surface area contributed by atoms with Gasteiger partial charge in [0, 0.05) is 12.5 Å². The number of benzene rings is 1. The number of amides is 2. The van der Waals surface area contributed by atoms with Crippen molar-refractivity contribution in [3.05, 3.63) is 41.7 Å². The highest BCUT2D eigenvalue weighted by molar-refractivity contribution is 7.86. The molecule has 1 aliphatic rings. The molecule has 2 amide bonds. The van der Waals surface area contributed by atoms with Gasteiger partial charge in [-0.3, -0.25) is 4.79 Å². The molecule has 1 heterocycles. The van der Waals surface area contributed by atoms with Crippen LogP contribution in [0.2, 0.25) is 0 Å². The van der Waals surface area contributed by atoms with E-state index < -0.39 is 46.3 Å². The molecule has 128 valence electrons. The molecule has 1 aromatic rings. The molecule has 0 saturated heterocycles. The van der Waals surface area contributed by atoms with Gasteiger partial charge < -0.3 is 14.4 Å². The van der Waals surface area contributed by atoms with Gasteiger partial charge >= 0.3 is 22.2 Å². The monoisotopic (exact) mass is 355 g/mol. The van der Waals surface area contributed by atoms with Gasteiger partial charge in [0.25, 0.3) is 5.91 Å². The maximum Gasteiger partial charge on any atom is 0.415 e. The van der Waals surface area contributed by atoms with Crippen LogP contribution in [0.25, 0.3) is 0 Å². The first-order valence-electron chi connectivity index (χ1n) is 6.62. The number of rotatable bonds is 4. The van der Waals surface area contributed by atoms with Gasteiger partial charge in [0.15, 0.2) is 0 Å². The number of carboxylic acid groups (broad SMARTS) is 2. The van der Waals surface area contributed by atoms with Crippen LogP contribution in [0.1, 0.15) is 12.0 Å². The van der Waals surface area contributed by atoms with Crippen LogP contribution >= 0.6 is 0 Å². The van der Waals surface area contributed by atoms with Crippen LogP contribution in [0.5, 0.6) is 0 Å². The first-order valence-corrected chi connectivity index (χ1v) is 8.03. The molecule has 0 bridgehead atoms. The van der Waals surface area contributed by atoms with Crippen LogP contribution in [0.4, 0.5) is 4.79 Å². The molecule has 0 fully saturated rings. The summed E-state index contributed by atoms with van der Waals surface area (Å²) in [6.45, 7) is 1.76. The maximum atomic E-state index is 12.2. The van der Waals surface area contributed by atoms with Crippen LogP contribution in [0, 0.1) is 6.92 Å². The summed E-state index contributed by atoms with van der Waals surface area (Å²) in [5, 5.41) is 18.0. The van der Waals surface area contributed by atoms with Crippen molar-refractivity contribution in [3.8, 4) is 0 Å². The molecule has 1 aliphatic heterocycles. The van der Waals surface area contributed by atoms with Crippen LogP contribution in [-0.2, 0) is 23.9 Å². The normalized spacial score (nSPS) is 18.0. The molecule has 2 rings (SSSR count). The highest BCUT2D eigenvalue weighted by Crippen LogP contribution is 2.25. The first-order chi connectivity index (χ1) is 11.1. The lowest BCUT2D eigenvalue weighted by Gasteiger charge is -2.27. The number of carbonyl (C=O) groups is 3. The Bertz CT molecular complexity index is 825. The number of carbonyl (C=O) groups excluding carboxylic acids is 1. The maximum absolute atomic E-state index is 12.2. The molecule has 2 N–H and O–H groups in total. The molecule has 9 nitrogen and oxygen atoms in total. The third kappa shape index (κ3) is 3.54. The zero-order chi connectivity index (χ0) is 18.1. The van der Waals surface area contributed by atoms with Gasteiger partial charge in [0.2, 0.25) is 0 Å². The fourth-order valence-corrected chi connectivity index (χ4v) is 3.04. The molecule has 0 unspecified atom stereocenters. The quantitative estimate of drug-likeness (QED) is 0.761. The van der Waals surface area contributed by atoms with Crippen molar-refractivity contribution in [1.82, 2.24) is 4.90 Å². The number of aryl methyl sites for hydroxylation is 1. The highest BCUT2D eigenvalue weighted by atomic mass is 32.2. The predicted octanol–water partition coefficient (Wildman–Crippen LogP) is 0.948. The molecule has 0 aliphatic carbocycles. The lowest BCUT2D eigenvalue weighted by Crippen LogP contribution is -2.50. The van der Waals surface area contributed by atoms with E-state index in [1.807, 2.05) is 0 Å². The summed E-state index contributed by atoms with van der Waals surface area (Å²) >= 11 is 0. The Morgan fingerprint density at radius 2 is 1.79 bits per heavy atom. The lowest BCUT2D eigenvalue weighted by molar-refractivity contribution is -0.147. The summed E-state index contributed by atoms with van der Waals surface area (Å²) in [6.07, 6.45) is -1.68. The van der Waals surface area contributed by atoms with Gasteiger partial charge in [-0.2, -0.15) is 8.42 Å². The van der Waals surface area contributed by atoms with E-state index in [4.69, 9.17) is 14.4 Å². The number of carboxylic acids is 1. The topological polar surface area (TPSA) is 138 Å². The molecule has 24 heavy (non-hydrogen) atoms. The van der Waals surface area contributed by atoms with E-state index in [-0.39, 0.29) is 9.80 Å². The van der Waals surface area contributed by atoms with Crippen LogP contribution < -0.4 is 0 Å². The average molecular weight is 355 g/mol. The Morgan fingerprint density at radius 3 is 2.29 bits per heavy atom. The minimum absolute atomic E-state index is 0.105. The van der Waals surface area contributed by atoms with Crippen LogP contribution in [0.3, 0.4) is 0 Å². The van der Waals surface area contributed by atoms with Crippen molar-refractivity contribution >= 4 is 28.1 Å². The lowest BCUT2D eigenvalue weighted by atomic mass is 10.1. The van der Waals surface area contributed by atoms with Gasteiger partial charge in [-0.05, 0) is 19.1 Å². The minimum Gasteiger partial charge on any atom is -0.480 e. The largest absolute Gasteiger partial charge is 0.480 e. The number of imide groups is 1. The number of nitrogens with zero attached hydrogens (tertiary/aromatic N) is 1. The number of hydrogen-bond donors (Lipinski definition) is 2.